The predicted octanol–water partition coefficient (Wildman–Crippen LogP) is 2.51. The molecular formula is C14H21N3O3S. The van der Waals surface area contributed by atoms with Crippen LogP contribution >= 0.6 is 11.3 Å². The molecule has 0 radical (unpaired) electrons. The molecule has 0 saturated carbocycles. The monoisotopic (exact) mass is 311 g/mol. The lowest BCUT2D eigenvalue weighted by molar-refractivity contribution is -0.380. The summed E-state index contributed by atoms with van der Waals surface area (Å²) in [5.41, 5.74) is 0. The third kappa shape index (κ3) is 4.25. The van der Waals surface area contributed by atoms with Gasteiger partial charge >= 0.3 is 5.00 Å². The summed E-state index contributed by atoms with van der Waals surface area (Å²) in [4.78, 5) is 25.1. The molecule has 1 unspecified atom stereocenters. The zero-order chi connectivity index (χ0) is 15.2. The van der Waals surface area contributed by atoms with Crippen LogP contribution in [0.25, 0.3) is 0 Å². The molecule has 1 aromatic heterocycles. The highest BCUT2D eigenvalue weighted by atomic mass is 32.1. The van der Waals surface area contributed by atoms with Crippen molar-refractivity contribution in [3.63, 3.8) is 0 Å². The van der Waals surface area contributed by atoms with Crippen LogP contribution in [-0.2, 0) is 0 Å². The van der Waals surface area contributed by atoms with Crippen molar-refractivity contribution in [2.45, 2.75) is 26.2 Å². The molecule has 1 fully saturated rings. The number of amides is 1. The van der Waals surface area contributed by atoms with E-state index in [9.17, 15) is 14.9 Å². The summed E-state index contributed by atoms with van der Waals surface area (Å²) in [6.45, 7) is 5.45. The van der Waals surface area contributed by atoms with Crippen LogP contribution in [0.5, 0.6) is 0 Å². The lowest BCUT2D eigenvalue weighted by atomic mass is 9.99. The van der Waals surface area contributed by atoms with Crippen LogP contribution in [0.1, 0.15) is 35.9 Å². The first kappa shape index (κ1) is 15.9. The van der Waals surface area contributed by atoms with Gasteiger partial charge in [-0.3, -0.25) is 14.9 Å². The normalized spacial score (nSPS) is 18.4. The van der Waals surface area contributed by atoms with E-state index in [1.54, 1.807) is 6.07 Å². The Kier molecular flexibility index (Phi) is 5.69. The lowest BCUT2D eigenvalue weighted by Gasteiger charge is -2.29. The van der Waals surface area contributed by atoms with Crippen LogP contribution in [0.2, 0.25) is 0 Å². The fourth-order valence-electron chi connectivity index (χ4n) is 2.63. The summed E-state index contributed by atoms with van der Waals surface area (Å²) < 4.78 is 0. The van der Waals surface area contributed by atoms with Gasteiger partial charge in [-0.05, 0) is 44.3 Å². The summed E-state index contributed by atoms with van der Waals surface area (Å²) in [7, 11) is 0. The Hall–Kier alpha value is -1.47. The van der Waals surface area contributed by atoms with Gasteiger partial charge in [-0.2, -0.15) is 0 Å². The first-order chi connectivity index (χ1) is 10.1. The van der Waals surface area contributed by atoms with Crippen molar-refractivity contribution in [2.75, 3.05) is 26.2 Å². The molecule has 1 saturated heterocycles. The van der Waals surface area contributed by atoms with Gasteiger partial charge in [0, 0.05) is 19.2 Å². The molecule has 0 aromatic carbocycles. The summed E-state index contributed by atoms with van der Waals surface area (Å²) in [6.07, 6.45) is 3.16. The summed E-state index contributed by atoms with van der Waals surface area (Å²) >= 11 is 0.959. The van der Waals surface area contributed by atoms with E-state index < -0.39 is 4.92 Å². The molecule has 1 aromatic rings. The molecule has 1 aliphatic heterocycles. The van der Waals surface area contributed by atoms with Crippen LogP contribution in [0, 0.1) is 16.0 Å². The van der Waals surface area contributed by atoms with E-state index >= 15 is 0 Å². The molecule has 116 valence electrons. The highest BCUT2D eigenvalue weighted by Gasteiger charge is 2.23. The number of nitrogens with one attached hydrogen (secondary N) is 1. The van der Waals surface area contributed by atoms with Crippen LogP contribution in [0.3, 0.4) is 0 Å². The zero-order valence-corrected chi connectivity index (χ0v) is 13.0. The van der Waals surface area contributed by atoms with Crippen molar-refractivity contribution in [1.82, 2.24) is 10.2 Å². The second-order valence-corrected chi connectivity index (χ2v) is 6.42. The number of carbonyl (C=O) groups is 1. The van der Waals surface area contributed by atoms with Gasteiger partial charge in [0.2, 0.25) is 0 Å². The number of carbonyl (C=O) groups excluding carboxylic acids is 1. The van der Waals surface area contributed by atoms with Gasteiger partial charge in [-0.1, -0.05) is 18.3 Å². The van der Waals surface area contributed by atoms with Gasteiger partial charge in [0.25, 0.3) is 5.91 Å². The Labute approximate surface area is 128 Å². The Morgan fingerprint density at radius 2 is 2.38 bits per heavy atom. The molecule has 7 heteroatoms. The fourth-order valence-corrected chi connectivity index (χ4v) is 3.42. The topological polar surface area (TPSA) is 75.5 Å². The van der Waals surface area contributed by atoms with Crippen LogP contribution in [-0.4, -0.2) is 41.9 Å². The van der Waals surface area contributed by atoms with Crippen molar-refractivity contribution in [1.29, 1.82) is 0 Å². The van der Waals surface area contributed by atoms with E-state index in [1.165, 1.54) is 6.07 Å². The summed E-state index contributed by atoms with van der Waals surface area (Å²) in [5.74, 6) is 0.393. The minimum Gasteiger partial charge on any atom is -0.338 e. The van der Waals surface area contributed by atoms with Gasteiger partial charge in [-0.15, -0.1) is 0 Å². The molecule has 1 aliphatic rings. The number of hydrogen-bond acceptors (Lipinski definition) is 5. The first-order valence-electron chi connectivity index (χ1n) is 7.36. The highest BCUT2D eigenvalue weighted by Crippen LogP contribution is 2.25. The van der Waals surface area contributed by atoms with Gasteiger partial charge in [0.15, 0.2) is 0 Å². The molecule has 0 bridgehead atoms. The summed E-state index contributed by atoms with van der Waals surface area (Å²) in [6, 6.07) is 2.97. The average Bonchev–Trinajstić information content (AvgIpc) is 2.97. The largest absolute Gasteiger partial charge is 0.338 e. The van der Waals surface area contributed by atoms with Gasteiger partial charge < -0.3 is 10.2 Å². The van der Waals surface area contributed by atoms with E-state index in [-0.39, 0.29) is 10.9 Å². The quantitative estimate of drug-likeness (QED) is 0.647. The molecular weight excluding hydrogens is 290 g/mol. The first-order valence-corrected chi connectivity index (χ1v) is 8.17. The second-order valence-electron chi connectivity index (χ2n) is 5.36. The number of nitrogens with zero attached hydrogens (tertiary/aromatic N) is 2. The standard InChI is InChI=1S/C14H21N3O3S/c1-2-8-16(10-11-4-3-7-15-9-11)14(18)12-5-6-13(21-12)17(19)20/h5-6,11,15H,2-4,7-10H2,1H3. The molecule has 0 aliphatic carbocycles. The minimum absolute atomic E-state index is 0.0223. The number of rotatable bonds is 6. The number of hydrogen-bond donors (Lipinski definition) is 1. The van der Waals surface area contributed by atoms with Crippen molar-refractivity contribution < 1.29 is 9.72 Å². The molecule has 1 N–H and O–H groups in total. The SMILES string of the molecule is CCCN(CC1CCCNC1)C(=O)c1ccc([N+](=O)[O-])s1. The molecule has 0 spiro atoms. The number of thiophene rings is 1. The van der Waals surface area contributed by atoms with Crippen molar-refractivity contribution >= 4 is 22.2 Å². The van der Waals surface area contributed by atoms with Gasteiger partial charge in [-0.25, -0.2) is 0 Å². The Bertz CT molecular complexity index is 497. The molecule has 2 rings (SSSR count). The molecule has 2 heterocycles. The lowest BCUT2D eigenvalue weighted by Crippen LogP contribution is -2.41. The maximum absolute atomic E-state index is 12.5. The van der Waals surface area contributed by atoms with Crippen LogP contribution in [0.15, 0.2) is 12.1 Å². The predicted molar refractivity (Wildman–Crippen MR) is 82.8 cm³/mol. The minimum atomic E-state index is -0.448. The van der Waals surface area contributed by atoms with Gasteiger partial charge in [0.05, 0.1) is 9.80 Å². The van der Waals surface area contributed by atoms with Crippen molar-refractivity contribution in [2.24, 2.45) is 5.92 Å². The molecule has 6 nitrogen and oxygen atoms in total. The van der Waals surface area contributed by atoms with E-state index in [0.717, 1.165) is 50.2 Å². The van der Waals surface area contributed by atoms with Crippen molar-refractivity contribution in [3.05, 3.63) is 27.1 Å². The smallest absolute Gasteiger partial charge is 0.324 e. The van der Waals surface area contributed by atoms with Crippen LogP contribution < -0.4 is 5.32 Å². The average molecular weight is 311 g/mol. The maximum atomic E-state index is 12.5. The zero-order valence-electron chi connectivity index (χ0n) is 12.2. The van der Waals surface area contributed by atoms with E-state index in [4.69, 9.17) is 0 Å². The second kappa shape index (κ2) is 7.51. The maximum Gasteiger partial charge on any atom is 0.324 e. The Balaban J connectivity index is 2.04. The number of nitro groups is 1. The third-order valence-electron chi connectivity index (χ3n) is 3.64. The Morgan fingerprint density at radius 1 is 1.57 bits per heavy atom. The molecule has 21 heavy (non-hydrogen) atoms. The van der Waals surface area contributed by atoms with E-state index in [1.807, 2.05) is 11.8 Å². The highest BCUT2D eigenvalue weighted by molar-refractivity contribution is 7.17. The third-order valence-corrected chi connectivity index (χ3v) is 4.67. The Morgan fingerprint density at radius 3 is 2.95 bits per heavy atom. The van der Waals surface area contributed by atoms with Gasteiger partial charge in [0.1, 0.15) is 0 Å². The van der Waals surface area contributed by atoms with E-state index in [2.05, 4.69) is 5.32 Å². The van der Waals surface area contributed by atoms with Crippen LogP contribution in [0.4, 0.5) is 5.00 Å². The summed E-state index contributed by atoms with van der Waals surface area (Å²) in [5, 5.41) is 14.1. The molecule has 1 amide bonds. The van der Waals surface area contributed by atoms with E-state index in [0.29, 0.717) is 17.3 Å². The number of piperidine rings is 1. The molecule has 1 atom stereocenters. The van der Waals surface area contributed by atoms with Crippen molar-refractivity contribution in [3.8, 4) is 0 Å². The fraction of sp³-hybridized carbons (Fsp3) is 0.643.